The van der Waals surface area contributed by atoms with Crippen LogP contribution in [0.4, 0.5) is 11.6 Å². The molecule has 0 spiro atoms. The van der Waals surface area contributed by atoms with Crippen molar-refractivity contribution < 1.29 is 0 Å². The van der Waals surface area contributed by atoms with Crippen LogP contribution in [0.5, 0.6) is 0 Å². The molecule has 0 aliphatic rings. The average Bonchev–Trinajstić information content (AvgIpc) is 2.39. The van der Waals surface area contributed by atoms with Crippen molar-refractivity contribution in [3.05, 3.63) is 11.9 Å². The van der Waals surface area contributed by atoms with Crippen LogP contribution in [0.3, 0.4) is 0 Å². The lowest BCUT2D eigenvalue weighted by Gasteiger charge is -2.16. The molecule has 1 aromatic heterocycles. The van der Waals surface area contributed by atoms with E-state index in [1.165, 1.54) is 11.5 Å². The van der Waals surface area contributed by atoms with Gasteiger partial charge in [-0.15, -0.1) is 0 Å². The molecular weight excluding hydrogens is 268 g/mol. The Kier molecular flexibility index (Phi) is 8.42. The summed E-state index contributed by atoms with van der Waals surface area (Å²) >= 11 is 1.98. The van der Waals surface area contributed by atoms with E-state index in [0.717, 1.165) is 43.3 Å². The molecule has 1 rings (SSSR count). The first-order chi connectivity index (χ1) is 9.69. The molecule has 5 heteroatoms. The molecule has 2 N–H and O–H groups in total. The van der Waals surface area contributed by atoms with E-state index < -0.39 is 0 Å². The predicted octanol–water partition coefficient (Wildman–Crippen LogP) is 3.80. The normalized spacial score (nSPS) is 12.2. The van der Waals surface area contributed by atoms with Gasteiger partial charge < -0.3 is 10.6 Å². The third-order valence-corrected chi connectivity index (χ3v) is 3.83. The predicted molar refractivity (Wildman–Crippen MR) is 90.9 cm³/mol. The largest absolute Gasteiger partial charge is 0.370 e. The zero-order valence-corrected chi connectivity index (χ0v) is 14.0. The topological polar surface area (TPSA) is 49.8 Å². The molecule has 1 heterocycles. The number of rotatable bonds is 10. The summed E-state index contributed by atoms with van der Waals surface area (Å²) in [5, 5.41) is 6.77. The molecule has 0 aromatic carbocycles. The molecule has 114 valence electrons. The van der Waals surface area contributed by atoms with E-state index in [1.807, 2.05) is 17.8 Å². The summed E-state index contributed by atoms with van der Waals surface area (Å²) in [6.07, 6.45) is 3.15. The van der Waals surface area contributed by atoms with Crippen molar-refractivity contribution in [2.24, 2.45) is 0 Å². The number of hydrogen-bond donors (Lipinski definition) is 2. The minimum absolute atomic E-state index is 0.438. The first-order valence-electron chi connectivity index (χ1n) is 7.65. The molecule has 1 aromatic rings. The minimum Gasteiger partial charge on any atom is -0.370 e. The molecular formula is C15H28N4S. The second-order valence-corrected chi connectivity index (χ2v) is 6.26. The number of anilines is 2. The maximum absolute atomic E-state index is 4.60. The number of nitrogens with zero attached hydrogens (tertiary/aromatic N) is 2. The summed E-state index contributed by atoms with van der Waals surface area (Å²) in [7, 11) is 0. The molecule has 0 fully saturated rings. The molecule has 0 radical (unpaired) electrons. The molecule has 20 heavy (non-hydrogen) atoms. The maximum atomic E-state index is 4.60. The lowest BCUT2D eigenvalue weighted by molar-refractivity contribution is 0.759. The van der Waals surface area contributed by atoms with E-state index in [2.05, 4.69) is 48.3 Å². The Labute approximate surface area is 127 Å². The Bertz CT molecular complexity index is 360. The lowest BCUT2D eigenvalue weighted by atomic mass is 10.2. The van der Waals surface area contributed by atoms with Crippen molar-refractivity contribution in [1.82, 2.24) is 9.97 Å². The monoisotopic (exact) mass is 296 g/mol. The van der Waals surface area contributed by atoms with Gasteiger partial charge in [-0.3, -0.25) is 0 Å². The van der Waals surface area contributed by atoms with Crippen LogP contribution in [-0.2, 0) is 6.42 Å². The van der Waals surface area contributed by atoms with Crippen LogP contribution in [0.2, 0.25) is 0 Å². The van der Waals surface area contributed by atoms with Crippen molar-refractivity contribution in [1.29, 1.82) is 0 Å². The lowest BCUT2D eigenvalue weighted by Crippen LogP contribution is -2.18. The third-order valence-electron chi connectivity index (χ3n) is 2.90. The van der Waals surface area contributed by atoms with E-state index in [-0.39, 0.29) is 0 Å². The highest BCUT2D eigenvalue weighted by Crippen LogP contribution is 2.15. The van der Waals surface area contributed by atoms with Crippen molar-refractivity contribution in [3.8, 4) is 0 Å². The van der Waals surface area contributed by atoms with Crippen molar-refractivity contribution in [2.75, 3.05) is 28.7 Å². The Hall–Kier alpha value is -0.970. The molecule has 4 nitrogen and oxygen atoms in total. The Morgan fingerprint density at radius 2 is 1.95 bits per heavy atom. The molecule has 0 aliphatic carbocycles. The van der Waals surface area contributed by atoms with Crippen LogP contribution in [0.15, 0.2) is 6.07 Å². The number of hydrogen-bond acceptors (Lipinski definition) is 5. The fourth-order valence-electron chi connectivity index (χ4n) is 1.91. The fraction of sp³-hybridized carbons (Fsp3) is 0.733. The van der Waals surface area contributed by atoms with Crippen LogP contribution < -0.4 is 10.6 Å². The summed E-state index contributed by atoms with van der Waals surface area (Å²) in [6.45, 7) is 9.53. The second kappa shape index (κ2) is 9.86. The summed E-state index contributed by atoms with van der Waals surface area (Å²) in [5.74, 6) is 5.16. The molecule has 0 aliphatic heterocycles. The zero-order valence-electron chi connectivity index (χ0n) is 13.2. The number of aromatic nitrogens is 2. The van der Waals surface area contributed by atoms with Gasteiger partial charge in [0, 0.05) is 25.1 Å². The Morgan fingerprint density at radius 3 is 2.60 bits per heavy atom. The van der Waals surface area contributed by atoms with Gasteiger partial charge in [-0.2, -0.15) is 11.8 Å². The van der Waals surface area contributed by atoms with Gasteiger partial charge in [-0.05, 0) is 38.2 Å². The zero-order chi connectivity index (χ0) is 14.8. The summed E-state index contributed by atoms with van der Waals surface area (Å²) in [5.41, 5.74) is 0. The molecule has 1 unspecified atom stereocenters. The standard InChI is InChI=1S/C15H28N4S/c1-5-8-13-18-14(16-6-2)11-15(19-13)17-12(4)9-10-20-7-3/h11-12H,5-10H2,1-4H3,(H2,16,17,18,19). The van der Waals surface area contributed by atoms with E-state index in [0.29, 0.717) is 6.04 Å². The number of nitrogens with one attached hydrogen (secondary N) is 2. The van der Waals surface area contributed by atoms with Crippen LogP contribution in [0.25, 0.3) is 0 Å². The smallest absolute Gasteiger partial charge is 0.133 e. The van der Waals surface area contributed by atoms with Crippen LogP contribution in [0.1, 0.15) is 46.4 Å². The molecule has 0 saturated heterocycles. The molecule has 1 atom stereocenters. The maximum Gasteiger partial charge on any atom is 0.133 e. The highest BCUT2D eigenvalue weighted by Gasteiger charge is 2.07. The van der Waals surface area contributed by atoms with Gasteiger partial charge in [-0.25, -0.2) is 9.97 Å². The van der Waals surface area contributed by atoms with Crippen molar-refractivity contribution in [2.45, 2.75) is 53.0 Å². The van der Waals surface area contributed by atoms with Crippen molar-refractivity contribution >= 4 is 23.4 Å². The van der Waals surface area contributed by atoms with E-state index in [1.54, 1.807) is 0 Å². The van der Waals surface area contributed by atoms with Crippen LogP contribution in [-0.4, -0.2) is 34.1 Å². The van der Waals surface area contributed by atoms with E-state index in [9.17, 15) is 0 Å². The second-order valence-electron chi connectivity index (χ2n) is 4.87. The van der Waals surface area contributed by atoms with Gasteiger partial charge in [0.25, 0.3) is 0 Å². The van der Waals surface area contributed by atoms with E-state index >= 15 is 0 Å². The van der Waals surface area contributed by atoms with Gasteiger partial charge in [0.1, 0.15) is 17.5 Å². The molecule has 0 amide bonds. The van der Waals surface area contributed by atoms with Crippen LogP contribution >= 0.6 is 11.8 Å². The van der Waals surface area contributed by atoms with Gasteiger partial charge in [0.05, 0.1) is 0 Å². The molecule has 0 bridgehead atoms. The average molecular weight is 296 g/mol. The summed E-state index contributed by atoms with van der Waals surface area (Å²) < 4.78 is 0. The van der Waals surface area contributed by atoms with Crippen LogP contribution in [0, 0.1) is 0 Å². The SMILES string of the molecule is CCCc1nc(NCC)cc(NC(C)CCSCC)n1. The Balaban J connectivity index is 2.66. The number of thioether (sulfide) groups is 1. The van der Waals surface area contributed by atoms with Gasteiger partial charge in [0.15, 0.2) is 0 Å². The first-order valence-corrected chi connectivity index (χ1v) is 8.81. The van der Waals surface area contributed by atoms with Gasteiger partial charge >= 0.3 is 0 Å². The number of aryl methyl sites for hydroxylation is 1. The summed E-state index contributed by atoms with van der Waals surface area (Å²) in [4.78, 5) is 9.13. The summed E-state index contributed by atoms with van der Waals surface area (Å²) in [6, 6.07) is 2.44. The molecule has 0 saturated carbocycles. The minimum atomic E-state index is 0.438. The quantitative estimate of drug-likeness (QED) is 0.643. The van der Waals surface area contributed by atoms with Crippen molar-refractivity contribution in [3.63, 3.8) is 0 Å². The highest BCUT2D eigenvalue weighted by atomic mass is 32.2. The highest BCUT2D eigenvalue weighted by molar-refractivity contribution is 7.99. The Morgan fingerprint density at radius 1 is 1.20 bits per heavy atom. The van der Waals surface area contributed by atoms with E-state index in [4.69, 9.17) is 0 Å². The third kappa shape index (κ3) is 6.46. The first kappa shape index (κ1) is 17.1. The van der Waals surface area contributed by atoms with Gasteiger partial charge in [0.2, 0.25) is 0 Å². The fourth-order valence-corrected chi connectivity index (χ4v) is 2.72. The van der Waals surface area contributed by atoms with Gasteiger partial charge in [-0.1, -0.05) is 13.8 Å².